The minimum atomic E-state index is -0.320. The molecule has 1 aromatic heterocycles. The molecule has 0 fully saturated rings. The highest BCUT2D eigenvalue weighted by Crippen LogP contribution is 2.11. The Morgan fingerprint density at radius 3 is 3.00 bits per heavy atom. The molecule has 2 N–H and O–H groups in total. The van der Waals surface area contributed by atoms with Gasteiger partial charge in [-0.25, -0.2) is 9.48 Å². The van der Waals surface area contributed by atoms with E-state index in [0.29, 0.717) is 24.4 Å². The molecule has 0 aliphatic rings. The lowest BCUT2D eigenvalue weighted by Gasteiger charge is -2.05. The molecule has 0 unspecified atom stereocenters. The normalized spacial score (nSPS) is 10.5. The maximum absolute atomic E-state index is 11.9. The molecule has 0 atom stereocenters. The summed E-state index contributed by atoms with van der Waals surface area (Å²) in [6.45, 7) is 2.83. The van der Waals surface area contributed by atoms with Gasteiger partial charge >= 0.3 is 5.97 Å². The van der Waals surface area contributed by atoms with E-state index in [2.05, 4.69) is 10.3 Å². The summed E-state index contributed by atoms with van der Waals surface area (Å²) in [7, 11) is 0. The van der Waals surface area contributed by atoms with Crippen molar-refractivity contribution in [2.24, 2.45) is 5.73 Å². The molecule has 106 valence electrons. The van der Waals surface area contributed by atoms with Gasteiger partial charge < -0.3 is 10.5 Å². The monoisotopic (exact) mass is 274 g/mol. The average molecular weight is 274 g/mol. The van der Waals surface area contributed by atoms with Crippen molar-refractivity contribution in [3.63, 3.8) is 0 Å². The minimum Gasteiger partial charge on any atom is -0.462 e. The molecule has 0 aliphatic carbocycles. The lowest BCUT2D eigenvalue weighted by molar-refractivity contribution is 0.0499. The Labute approximate surface area is 117 Å². The van der Waals surface area contributed by atoms with E-state index in [9.17, 15) is 4.79 Å². The maximum Gasteiger partial charge on any atom is 0.338 e. The second-order valence-electron chi connectivity index (χ2n) is 4.40. The number of ether oxygens (including phenoxy) is 1. The number of aromatic nitrogens is 3. The van der Waals surface area contributed by atoms with Crippen LogP contribution in [-0.4, -0.2) is 27.6 Å². The fourth-order valence-corrected chi connectivity index (χ4v) is 1.69. The lowest BCUT2D eigenvalue weighted by Crippen LogP contribution is -2.07. The van der Waals surface area contributed by atoms with E-state index < -0.39 is 0 Å². The predicted octanol–water partition coefficient (Wildman–Crippen LogP) is 1.68. The molecule has 0 aliphatic heterocycles. The molecule has 0 radical (unpaired) electrons. The van der Waals surface area contributed by atoms with Crippen LogP contribution in [0.3, 0.4) is 0 Å². The zero-order valence-corrected chi connectivity index (χ0v) is 11.5. The quantitative estimate of drug-likeness (QED) is 0.640. The Morgan fingerprint density at radius 1 is 1.45 bits per heavy atom. The zero-order valence-electron chi connectivity index (χ0n) is 11.5. The molecule has 1 heterocycles. The van der Waals surface area contributed by atoms with Gasteiger partial charge in [-0.1, -0.05) is 24.6 Å². The molecule has 6 heteroatoms. The summed E-state index contributed by atoms with van der Waals surface area (Å²) >= 11 is 0. The highest BCUT2D eigenvalue weighted by atomic mass is 16.5. The first-order valence-electron chi connectivity index (χ1n) is 6.63. The van der Waals surface area contributed by atoms with E-state index in [-0.39, 0.29) is 5.97 Å². The average Bonchev–Trinajstić information content (AvgIpc) is 2.96. The summed E-state index contributed by atoms with van der Waals surface area (Å²) in [5, 5.41) is 7.89. The van der Waals surface area contributed by atoms with Crippen molar-refractivity contribution in [1.82, 2.24) is 15.0 Å². The summed E-state index contributed by atoms with van der Waals surface area (Å²) in [5.74, 6) is -0.320. The van der Waals surface area contributed by atoms with Crippen LogP contribution in [0.4, 0.5) is 0 Å². The number of nitrogens with two attached hydrogens (primary N) is 1. The van der Waals surface area contributed by atoms with E-state index in [1.165, 1.54) is 0 Å². The van der Waals surface area contributed by atoms with E-state index >= 15 is 0 Å². The first-order valence-corrected chi connectivity index (χ1v) is 6.63. The first-order chi connectivity index (χ1) is 9.74. The molecule has 0 spiro atoms. The molecule has 0 saturated heterocycles. The summed E-state index contributed by atoms with van der Waals surface area (Å²) in [4.78, 5) is 11.9. The largest absolute Gasteiger partial charge is 0.462 e. The van der Waals surface area contributed by atoms with Gasteiger partial charge in [-0.05, 0) is 24.6 Å². The fraction of sp³-hybridized carbons (Fsp3) is 0.357. The van der Waals surface area contributed by atoms with Crippen LogP contribution < -0.4 is 5.73 Å². The SMILES string of the molecule is CCCCOC(=O)c1cccc(-n2cc(CN)nn2)c1. The van der Waals surface area contributed by atoms with Crippen LogP contribution in [0.1, 0.15) is 35.8 Å². The number of hydrogen-bond donors (Lipinski definition) is 1. The molecule has 1 aromatic carbocycles. The molecule has 0 bridgehead atoms. The van der Waals surface area contributed by atoms with Gasteiger partial charge in [0.25, 0.3) is 0 Å². The summed E-state index contributed by atoms with van der Waals surface area (Å²) < 4.78 is 6.77. The van der Waals surface area contributed by atoms with Gasteiger partial charge in [0.15, 0.2) is 0 Å². The Kier molecular flexibility index (Phi) is 4.84. The van der Waals surface area contributed by atoms with Crippen LogP contribution in [0.15, 0.2) is 30.5 Å². The molecular formula is C14H18N4O2. The highest BCUT2D eigenvalue weighted by Gasteiger charge is 2.09. The minimum absolute atomic E-state index is 0.320. The van der Waals surface area contributed by atoms with Crippen LogP contribution >= 0.6 is 0 Å². The van der Waals surface area contributed by atoms with E-state index in [1.807, 2.05) is 13.0 Å². The maximum atomic E-state index is 11.9. The Balaban J connectivity index is 2.13. The number of nitrogens with zero attached hydrogens (tertiary/aromatic N) is 3. The molecular weight excluding hydrogens is 256 g/mol. The molecule has 0 amide bonds. The van der Waals surface area contributed by atoms with Crippen LogP contribution in [-0.2, 0) is 11.3 Å². The first kappa shape index (κ1) is 14.2. The fourth-order valence-electron chi connectivity index (χ4n) is 1.69. The Morgan fingerprint density at radius 2 is 2.30 bits per heavy atom. The smallest absolute Gasteiger partial charge is 0.338 e. The van der Waals surface area contributed by atoms with Gasteiger partial charge in [-0.3, -0.25) is 0 Å². The van der Waals surface area contributed by atoms with Crippen molar-refractivity contribution in [3.8, 4) is 5.69 Å². The number of unbranched alkanes of at least 4 members (excludes halogenated alkanes) is 1. The van der Waals surface area contributed by atoms with Crippen molar-refractivity contribution in [2.75, 3.05) is 6.61 Å². The third-order valence-corrected chi connectivity index (χ3v) is 2.83. The molecule has 6 nitrogen and oxygen atoms in total. The Bertz CT molecular complexity index is 580. The second-order valence-corrected chi connectivity index (χ2v) is 4.40. The van der Waals surface area contributed by atoms with Crippen molar-refractivity contribution in [1.29, 1.82) is 0 Å². The number of esters is 1. The van der Waals surface area contributed by atoms with Crippen LogP contribution in [0.5, 0.6) is 0 Å². The molecule has 2 rings (SSSR count). The second kappa shape index (κ2) is 6.81. The number of benzene rings is 1. The van der Waals surface area contributed by atoms with Gasteiger partial charge in [0.2, 0.25) is 0 Å². The number of hydrogen-bond acceptors (Lipinski definition) is 5. The van der Waals surface area contributed by atoms with E-state index in [0.717, 1.165) is 18.5 Å². The molecule has 0 saturated carbocycles. The van der Waals surface area contributed by atoms with E-state index in [1.54, 1.807) is 29.1 Å². The zero-order chi connectivity index (χ0) is 14.4. The molecule has 20 heavy (non-hydrogen) atoms. The van der Waals surface area contributed by atoms with Crippen molar-refractivity contribution in [2.45, 2.75) is 26.3 Å². The number of carbonyl (C=O) groups excluding carboxylic acids is 1. The predicted molar refractivity (Wildman–Crippen MR) is 74.4 cm³/mol. The van der Waals surface area contributed by atoms with Gasteiger partial charge in [0.1, 0.15) is 0 Å². The third-order valence-electron chi connectivity index (χ3n) is 2.83. The van der Waals surface area contributed by atoms with Crippen LogP contribution in [0.25, 0.3) is 5.69 Å². The number of rotatable bonds is 6. The lowest BCUT2D eigenvalue weighted by atomic mass is 10.2. The van der Waals surface area contributed by atoms with Crippen LogP contribution in [0, 0.1) is 0 Å². The highest BCUT2D eigenvalue weighted by molar-refractivity contribution is 5.90. The van der Waals surface area contributed by atoms with Gasteiger partial charge in [0, 0.05) is 6.54 Å². The van der Waals surface area contributed by atoms with Crippen LogP contribution in [0.2, 0.25) is 0 Å². The summed E-state index contributed by atoms with van der Waals surface area (Å²) in [6, 6.07) is 7.08. The number of carbonyl (C=O) groups is 1. The summed E-state index contributed by atoms with van der Waals surface area (Å²) in [5.41, 5.74) is 7.45. The van der Waals surface area contributed by atoms with Gasteiger partial charge in [0.05, 0.1) is 29.7 Å². The topological polar surface area (TPSA) is 83.0 Å². The molecule has 2 aromatic rings. The Hall–Kier alpha value is -2.21. The summed E-state index contributed by atoms with van der Waals surface area (Å²) in [6.07, 6.45) is 3.60. The standard InChI is InChI=1S/C14H18N4O2/c1-2-3-7-20-14(19)11-5-4-6-13(8-11)18-10-12(9-15)16-17-18/h4-6,8,10H,2-3,7,9,15H2,1H3. The van der Waals surface area contributed by atoms with Gasteiger partial charge in [-0.2, -0.15) is 0 Å². The van der Waals surface area contributed by atoms with Crippen molar-refractivity contribution >= 4 is 5.97 Å². The van der Waals surface area contributed by atoms with Crippen molar-refractivity contribution < 1.29 is 9.53 Å². The van der Waals surface area contributed by atoms with Crippen molar-refractivity contribution in [3.05, 3.63) is 41.7 Å². The van der Waals surface area contributed by atoms with Gasteiger partial charge in [-0.15, -0.1) is 5.10 Å². The van der Waals surface area contributed by atoms with E-state index in [4.69, 9.17) is 10.5 Å². The third kappa shape index (κ3) is 3.42.